The van der Waals surface area contributed by atoms with Crippen LogP contribution in [-0.4, -0.2) is 30.6 Å². The molecule has 1 amide bonds. The molecule has 0 aromatic heterocycles. The first-order valence-electron chi connectivity index (χ1n) is 7.35. The molecule has 4 nitrogen and oxygen atoms in total. The largest absolute Gasteiger partial charge is 0.494 e. The van der Waals surface area contributed by atoms with E-state index in [2.05, 4.69) is 12.2 Å². The Bertz CT molecular complexity index is 505. The highest BCUT2D eigenvalue weighted by Gasteiger charge is 2.21. The molecule has 1 heterocycles. The van der Waals surface area contributed by atoms with Crippen LogP contribution in [0, 0.1) is 0 Å². The fourth-order valence-electron chi connectivity index (χ4n) is 2.39. The summed E-state index contributed by atoms with van der Waals surface area (Å²) in [5, 5.41) is 2.95. The van der Waals surface area contributed by atoms with Crippen molar-refractivity contribution in [1.82, 2.24) is 5.32 Å². The van der Waals surface area contributed by atoms with Crippen LogP contribution in [0.3, 0.4) is 0 Å². The molecule has 2 rings (SSSR count). The van der Waals surface area contributed by atoms with E-state index in [4.69, 9.17) is 9.47 Å². The van der Waals surface area contributed by atoms with E-state index in [0.29, 0.717) is 19.6 Å². The maximum atomic E-state index is 11.7. The number of carbonyl (C=O) groups is 1. The van der Waals surface area contributed by atoms with Gasteiger partial charge in [-0.2, -0.15) is 11.8 Å². The van der Waals surface area contributed by atoms with Gasteiger partial charge in [0.05, 0.1) is 6.61 Å². The Hall–Kier alpha value is -1.36. The van der Waals surface area contributed by atoms with E-state index < -0.39 is 0 Å². The van der Waals surface area contributed by atoms with Crippen LogP contribution in [0.5, 0.6) is 11.5 Å². The molecule has 116 valence electrons. The Balaban J connectivity index is 2.07. The van der Waals surface area contributed by atoms with Gasteiger partial charge in [0.2, 0.25) is 5.91 Å². The summed E-state index contributed by atoms with van der Waals surface area (Å²) in [6, 6.07) is 4.05. The normalized spacial score (nSPS) is 16.2. The van der Waals surface area contributed by atoms with Crippen LogP contribution in [0.15, 0.2) is 12.1 Å². The van der Waals surface area contributed by atoms with Gasteiger partial charge in [0, 0.05) is 36.3 Å². The molecular formula is C16H23NO3S. The van der Waals surface area contributed by atoms with Crippen molar-refractivity contribution >= 4 is 17.7 Å². The van der Waals surface area contributed by atoms with Gasteiger partial charge in [-0.1, -0.05) is 0 Å². The van der Waals surface area contributed by atoms with Crippen molar-refractivity contribution in [3.8, 4) is 11.5 Å². The van der Waals surface area contributed by atoms with E-state index in [1.807, 2.05) is 25.3 Å². The molecule has 1 aromatic carbocycles. The molecule has 21 heavy (non-hydrogen) atoms. The average Bonchev–Trinajstić information content (AvgIpc) is 2.82. The van der Waals surface area contributed by atoms with Crippen LogP contribution in [0.4, 0.5) is 0 Å². The monoisotopic (exact) mass is 309 g/mol. The second-order valence-electron chi connectivity index (χ2n) is 5.15. The van der Waals surface area contributed by atoms with Gasteiger partial charge < -0.3 is 14.8 Å². The number of benzene rings is 1. The minimum absolute atomic E-state index is 0.0709. The zero-order chi connectivity index (χ0) is 15.2. The molecule has 1 N–H and O–H groups in total. The summed E-state index contributed by atoms with van der Waals surface area (Å²) in [6.45, 7) is 5.12. The molecule has 0 saturated carbocycles. The molecular weight excluding hydrogens is 286 g/mol. The third-order valence-electron chi connectivity index (χ3n) is 3.39. The molecule has 0 spiro atoms. The number of thioether (sulfide) groups is 1. The highest BCUT2D eigenvalue weighted by atomic mass is 32.2. The van der Waals surface area contributed by atoms with E-state index in [9.17, 15) is 4.79 Å². The summed E-state index contributed by atoms with van der Waals surface area (Å²) in [5.41, 5.74) is 2.16. The van der Waals surface area contributed by atoms with Crippen molar-refractivity contribution in [3.63, 3.8) is 0 Å². The van der Waals surface area contributed by atoms with Crippen molar-refractivity contribution in [3.05, 3.63) is 23.3 Å². The minimum atomic E-state index is 0.0709. The third kappa shape index (κ3) is 4.30. The SMILES string of the molecule is CCOc1cc2c(cc1CNC(=O)CCSC)O[C@@H](C)C2. The predicted molar refractivity (Wildman–Crippen MR) is 86.3 cm³/mol. The van der Waals surface area contributed by atoms with Crippen molar-refractivity contribution in [2.24, 2.45) is 0 Å². The lowest BCUT2D eigenvalue weighted by molar-refractivity contribution is -0.120. The Labute approximate surface area is 130 Å². The van der Waals surface area contributed by atoms with Gasteiger partial charge in [-0.3, -0.25) is 4.79 Å². The summed E-state index contributed by atoms with van der Waals surface area (Å²) >= 11 is 1.67. The zero-order valence-corrected chi connectivity index (χ0v) is 13.7. The fraction of sp³-hybridized carbons (Fsp3) is 0.562. The smallest absolute Gasteiger partial charge is 0.221 e. The van der Waals surface area contributed by atoms with Crippen LogP contribution < -0.4 is 14.8 Å². The molecule has 0 radical (unpaired) electrons. The number of hydrogen-bond donors (Lipinski definition) is 1. The van der Waals surface area contributed by atoms with Gasteiger partial charge in [-0.25, -0.2) is 0 Å². The van der Waals surface area contributed by atoms with Crippen LogP contribution in [-0.2, 0) is 17.8 Å². The van der Waals surface area contributed by atoms with Crippen molar-refractivity contribution < 1.29 is 14.3 Å². The number of hydrogen-bond acceptors (Lipinski definition) is 4. The first-order valence-corrected chi connectivity index (χ1v) is 8.74. The van der Waals surface area contributed by atoms with Crippen LogP contribution >= 0.6 is 11.8 Å². The molecule has 0 unspecified atom stereocenters. The Morgan fingerprint density at radius 3 is 3.05 bits per heavy atom. The number of ether oxygens (including phenoxy) is 2. The summed E-state index contributed by atoms with van der Waals surface area (Å²) in [4.78, 5) is 11.7. The van der Waals surface area contributed by atoms with Crippen LogP contribution in [0.25, 0.3) is 0 Å². The summed E-state index contributed by atoms with van der Waals surface area (Å²) in [7, 11) is 0. The third-order valence-corrected chi connectivity index (χ3v) is 4.00. The topological polar surface area (TPSA) is 47.6 Å². The van der Waals surface area contributed by atoms with E-state index in [1.54, 1.807) is 11.8 Å². The second-order valence-corrected chi connectivity index (χ2v) is 6.14. The first kappa shape index (κ1) is 16.0. The molecule has 5 heteroatoms. The zero-order valence-electron chi connectivity index (χ0n) is 12.9. The molecule has 1 aromatic rings. The first-order chi connectivity index (χ1) is 10.1. The van der Waals surface area contributed by atoms with Crippen LogP contribution in [0.1, 0.15) is 31.4 Å². The number of carbonyl (C=O) groups excluding carboxylic acids is 1. The molecule has 1 aliphatic heterocycles. The maximum Gasteiger partial charge on any atom is 0.221 e. The van der Waals surface area contributed by atoms with Gasteiger partial charge in [0.1, 0.15) is 17.6 Å². The van der Waals surface area contributed by atoms with E-state index in [0.717, 1.165) is 29.2 Å². The van der Waals surface area contributed by atoms with Gasteiger partial charge in [-0.15, -0.1) is 0 Å². The molecule has 0 bridgehead atoms. The molecule has 1 atom stereocenters. The Morgan fingerprint density at radius 1 is 1.52 bits per heavy atom. The average molecular weight is 309 g/mol. The molecule has 0 aliphatic carbocycles. The standard InChI is InChI=1S/C16H23NO3S/c1-4-19-14-8-12-7-11(2)20-15(12)9-13(14)10-17-16(18)5-6-21-3/h8-9,11H,4-7,10H2,1-3H3,(H,17,18)/t11-/m0/s1. The quantitative estimate of drug-likeness (QED) is 0.841. The van der Waals surface area contributed by atoms with Crippen molar-refractivity contribution in [2.45, 2.75) is 39.3 Å². The van der Waals surface area contributed by atoms with E-state index >= 15 is 0 Å². The van der Waals surface area contributed by atoms with Gasteiger partial charge in [0.15, 0.2) is 0 Å². The minimum Gasteiger partial charge on any atom is -0.494 e. The van der Waals surface area contributed by atoms with Crippen molar-refractivity contribution in [2.75, 3.05) is 18.6 Å². The highest BCUT2D eigenvalue weighted by Crippen LogP contribution is 2.35. The van der Waals surface area contributed by atoms with E-state index in [-0.39, 0.29) is 12.0 Å². The Kier molecular flexibility index (Phi) is 5.79. The van der Waals surface area contributed by atoms with Gasteiger partial charge in [-0.05, 0) is 32.2 Å². The lowest BCUT2D eigenvalue weighted by atomic mass is 10.1. The van der Waals surface area contributed by atoms with Crippen molar-refractivity contribution in [1.29, 1.82) is 0 Å². The van der Waals surface area contributed by atoms with E-state index in [1.165, 1.54) is 5.56 Å². The Morgan fingerprint density at radius 2 is 2.33 bits per heavy atom. The lowest BCUT2D eigenvalue weighted by Crippen LogP contribution is -2.23. The van der Waals surface area contributed by atoms with Crippen LogP contribution in [0.2, 0.25) is 0 Å². The molecule has 0 fully saturated rings. The maximum absolute atomic E-state index is 11.7. The summed E-state index contributed by atoms with van der Waals surface area (Å²) in [6.07, 6.45) is 3.67. The second kappa shape index (κ2) is 7.59. The number of amides is 1. The lowest BCUT2D eigenvalue weighted by Gasteiger charge is -2.13. The number of rotatable bonds is 7. The molecule has 0 saturated heterocycles. The predicted octanol–water partition coefficient (Wildman–Crippen LogP) is 2.78. The molecule has 1 aliphatic rings. The fourth-order valence-corrected chi connectivity index (χ4v) is 2.78. The van der Waals surface area contributed by atoms with Gasteiger partial charge >= 0.3 is 0 Å². The highest BCUT2D eigenvalue weighted by molar-refractivity contribution is 7.98. The number of nitrogens with one attached hydrogen (secondary N) is 1. The van der Waals surface area contributed by atoms with Gasteiger partial charge in [0.25, 0.3) is 0 Å². The summed E-state index contributed by atoms with van der Waals surface area (Å²) in [5.74, 6) is 2.68. The number of fused-ring (bicyclic) bond motifs is 1. The summed E-state index contributed by atoms with van der Waals surface area (Å²) < 4.78 is 11.5.